The van der Waals surface area contributed by atoms with Gasteiger partial charge in [-0.25, -0.2) is 8.42 Å². The minimum atomic E-state index is -3.42. The van der Waals surface area contributed by atoms with Gasteiger partial charge in [0.15, 0.2) is 0 Å². The van der Waals surface area contributed by atoms with E-state index >= 15 is 0 Å². The Hall–Kier alpha value is -1.90. The van der Waals surface area contributed by atoms with Gasteiger partial charge in [-0.1, -0.05) is 12.5 Å². The highest BCUT2D eigenvalue weighted by Gasteiger charge is 2.25. The molecule has 1 N–H and O–H groups in total. The normalized spacial score (nSPS) is 15.4. The van der Waals surface area contributed by atoms with Crippen LogP contribution in [0.15, 0.2) is 46.7 Å². The molecule has 1 aliphatic heterocycles. The van der Waals surface area contributed by atoms with Crippen molar-refractivity contribution in [2.75, 3.05) is 26.2 Å². The Balaban J connectivity index is 1.44. The van der Waals surface area contributed by atoms with E-state index in [1.165, 1.54) is 0 Å². The van der Waals surface area contributed by atoms with Gasteiger partial charge in [-0.05, 0) is 48.6 Å². The van der Waals surface area contributed by atoms with E-state index in [1.807, 2.05) is 17.5 Å². The number of piperidine rings is 1. The molecule has 146 valence electrons. The van der Waals surface area contributed by atoms with Crippen LogP contribution in [0.3, 0.4) is 0 Å². The van der Waals surface area contributed by atoms with Gasteiger partial charge in [0.05, 0.1) is 17.9 Å². The number of amides is 1. The fourth-order valence-electron chi connectivity index (χ4n) is 2.96. The lowest BCUT2D eigenvalue weighted by Gasteiger charge is -2.25. The standard InChI is InChI=1S/C19H24N2O4S2/c22-19(15-17-5-4-14-26-17)20-10-13-25-16-6-8-18(9-7-16)27(23,24)21-11-2-1-3-12-21/h4-9,14H,1-3,10-13,15H2,(H,20,22). The number of thiophene rings is 1. The van der Waals surface area contributed by atoms with Gasteiger partial charge in [0, 0.05) is 18.0 Å². The van der Waals surface area contributed by atoms with E-state index in [9.17, 15) is 13.2 Å². The van der Waals surface area contributed by atoms with Crippen LogP contribution < -0.4 is 10.1 Å². The number of carbonyl (C=O) groups excluding carboxylic acids is 1. The van der Waals surface area contributed by atoms with Crippen LogP contribution in [0.1, 0.15) is 24.1 Å². The molecule has 1 fully saturated rings. The summed E-state index contributed by atoms with van der Waals surface area (Å²) in [6.45, 7) is 1.91. The molecule has 3 rings (SSSR count). The molecule has 2 heterocycles. The summed E-state index contributed by atoms with van der Waals surface area (Å²) in [4.78, 5) is 13.1. The Labute approximate surface area is 164 Å². The number of hydrogen-bond acceptors (Lipinski definition) is 5. The van der Waals surface area contributed by atoms with Gasteiger partial charge in [0.25, 0.3) is 0 Å². The van der Waals surface area contributed by atoms with Crippen molar-refractivity contribution >= 4 is 27.3 Å². The van der Waals surface area contributed by atoms with Gasteiger partial charge in [-0.3, -0.25) is 4.79 Å². The van der Waals surface area contributed by atoms with Crippen molar-refractivity contribution in [1.29, 1.82) is 0 Å². The predicted molar refractivity (Wildman–Crippen MR) is 106 cm³/mol. The number of ether oxygens (including phenoxy) is 1. The minimum absolute atomic E-state index is 0.0379. The molecule has 0 bridgehead atoms. The van der Waals surface area contributed by atoms with Crippen LogP contribution in [0.4, 0.5) is 0 Å². The largest absolute Gasteiger partial charge is 0.492 e. The lowest BCUT2D eigenvalue weighted by Crippen LogP contribution is -2.35. The molecule has 27 heavy (non-hydrogen) atoms. The summed E-state index contributed by atoms with van der Waals surface area (Å²) in [7, 11) is -3.42. The minimum Gasteiger partial charge on any atom is -0.492 e. The first-order valence-electron chi connectivity index (χ1n) is 9.08. The number of hydrogen-bond donors (Lipinski definition) is 1. The zero-order chi connectivity index (χ0) is 19.1. The molecule has 0 atom stereocenters. The predicted octanol–water partition coefficient (Wildman–Crippen LogP) is 2.66. The second-order valence-electron chi connectivity index (χ2n) is 6.39. The number of benzene rings is 1. The van der Waals surface area contributed by atoms with Crippen LogP contribution in [-0.4, -0.2) is 44.9 Å². The van der Waals surface area contributed by atoms with Crippen molar-refractivity contribution in [2.24, 2.45) is 0 Å². The first-order valence-corrected chi connectivity index (χ1v) is 11.4. The maximum absolute atomic E-state index is 12.6. The Morgan fingerprint density at radius 2 is 1.85 bits per heavy atom. The van der Waals surface area contributed by atoms with E-state index in [0.717, 1.165) is 24.1 Å². The maximum atomic E-state index is 12.6. The highest BCUT2D eigenvalue weighted by Crippen LogP contribution is 2.22. The highest BCUT2D eigenvalue weighted by molar-refractivity contribution is 7.89. The molecule has 6 nitrogen and oxygen atoms in total. The zero-order valence-electron chi connectivity index (χ0n) is 15.1. The summed E-state index contributed by atoms with van der Waals surface area (Å²) < 4.78 is 32.3. The van der Waals surface area contributed by atoms with Gasteiger partial charge < -0.3 is 10.1 Å². The van der Waals surface area contributed by atoms with E-state index in [0.29, 0.717) is 43.3 Å². The van der Waals surface area contributed by atoms with Gasteiger partial charge in [-0.15, -0.1) is 11.3 Å². The Morgan fingerprint density at radius 1 is 1.11 bits per heavy atom. The molecule has 0 aliphatic carbocycles. The molecule has 0 radical (unpaired) electrons. The molecule has 1 aliphatic rings. The fraction of sp³-hybridized carbons (Fsp3) is 0.421. The first kappa shape index (κ1) is 19.9. The Bertz CT molecular complexity index is 827. The molecular formula is C19H24N2O4S2. The molecule has 0 spiro atoms. The zero-order valence-corrected chi connectivity index (χ0v) is 16.7. The van der Waals surface area contributed by atoms with Gasteiger partial charge in [0.2, 0.25) is 15.9 Å². The number of rotatable bonds is 8. The SMILES string of the molecule is O=C(Cc1cccs1)NCCOc1ccc(S(=O)(=O)N2CCCCC2)cc1. The molecule has 1 saturated heterocycles. The molecule has 0 unspecified atom stereocenters. The first-order chi connectivity index (χ1) is 13.1. The molecular weight excluding hydrogens is 384 g/mol. The van der Waals surface area contributed by atoms with Crippen molar-refractivity contribution in [3.05, 3.63) is 46.7 Å². The van der Waals surface area contributed by atoms with E-state index in [2.05, 4.69) is 5.32 Å². The van der Waals surface area contributed by atoms with Crippen LogP contribution in [0.25, 0.3) is 0 Å². The number of carbonyl (C=O) groups is 1. The smallest absolute Gasteiger partial charge is 0.243 e. The quantitative estimate of drug-likeness (QED) is 0.682. The Morgan fingerprint density at radius 3 is 2.52 bits per heavy atom. The molecule has 0 saturated carbocycles. The Kier molecular flexibility index (Phi) is 6.87. The van der Waals surface area contributed by atoms with Gasteiger partial charge >= 0.3 is 0 Å². The van der Waals surface area contributed by atoms with Crippen molar-refractivity contribution in [2.45, 2.75) is 30.6 Å². The van der Waals surface area contributed by atoms with Crippen LogP contribution in [0.5, 0.6) is 5.75 Å². The third-order valence-corrected chi connectivity index (χ3v) is 7.17. The van der Waals surface area contributed by atoms with Crippen molar-refractivity contribution in [3.8, 4) is 5.75 Å². The van der Waals surface area contributed by atoms with Crippen molar-refractivity contribution < 1.29 is 17.9 Å². The molecule has 2 aromatic rings. The molecule has 1 aromatic carbocycles. The summed E-state index contributed by atoms with van der Waals surface area (Å²) in [6.07, 6.45) is 3.29. The summed E-state index contributed by atoms with van der Waals surface area (Å²) in [5, 5.41) is 4.76. The van der Waals surface area contributed by atoms with Crippen LogP contribution in [-0.2, 0) is 21.2 Å². The molecule has 1 aromatic heterocycles. The summed E-state index contributed by atoms with van der Waals surface area (Å²) in [5.41, 5.74) is 0. The number of nitrogens with zero attached hydrogens (tertiary/aromatic N) is 1. The lowest BCUT2D eigenvalue weighted by atomic mass is 10.2. The second kappa shape index (κ2) is 9.34. The van der Waals surface area contributed by atoms with E-state index in [4.69, 9.17) is 4.74 Å². The van der Waals surface area contributed by atoms with E-state index < -0.39 is 10.0 Å². The molecule has 1 amide bonds. The van der Waals surface area contributed by atoms with Crippen LogP contribution in [0.2, 0.25) is 0 Å². The topological polar surface area (TPSA) is 75.7 Å². The third kappa shape index (κ3) is 5.54. The lowest BCUT2D eigenvalue weighted by molar-refractivity contribution is -0.120. The van der Waals surface area contributed by atoms with E-state index in [1.54, 1.807) is 39.9 Å². The fourth-order valence-corrected chi connectivity index (χ4v) is 5.18. The average molecular weight is 409 g/mol. The molecule has 8 heteroatoms. The van der Waals surface area contributed by atoms with Gasteiger partial charge in [0.1, 0.15) is 12.4 Å². The van der Waals surface area contributed by atoms with Crippen LogP contribution in [0, 0.1) is 0 Å². The van der Waals surface area contributed by atoms with Crippen molar-refractivity contribution in [1.82, 2.24) is 9.62 Å². The second-order valence-corrected chi connectivity index (χ2v) is 9.36. The summed E-state index contributed by atoms with van der Waals surface area (Å²) >= 11 is 1.56. The number of nitrogens with one attached hydrogen (secondary N) is 1. The monoisotopic (exact) mass is 408 g/mol. The number of sulfonamides is 1. The van der Waals surface area contributed by atoms with Gasteiger partial charge in [-0.2, -0.15) is 4.31 Å². The summed E-state index contributed by atoms with van der Waals surface area (Å²) in [6, 6.07) is 10.3. The maximum Gasteiger partial charge on any atom is 0.243 e. The van der Waals surface area contributed by atoms with E-state index in [-0.39, 0.29) is 5.91 Å². The summed E-state index contributed by atoms with van der Waals surface area (Å²) in [5.74, 6) is 0.545. The average Bonchev–Trinajstić information content (AvgIpc) is 3.19. The third-order valence-electron chi connectivity index (χ3n) is 4.38. The highest BCUT2D eigenvalue weighted by atomic mass is 32.2. The van der Waals surface area contributed by atoms with Crippen LogP contribution >= 0.6 is 11.3 Å². The van der Waals surface area contributed by atoms with Crippen molar-refractivity contribution in [3.63, 3.8) is 0 Å².